The highest BCUT2D eigenvalue weighted by Crippen LogP contribution is 2.13. The summed E-state index contributed by atoms with van der Waals surface area (Å²) in [5.74, 6) is 8.94. The monoisotopic (exact) mass is 249 g/mol. The normalized spacial score (nSPS) is 9.53. The Morgan fingerprint density at radius 1 is 1.35 bits per heavy atom. The number of rotatable bonds is 6. The Morgan fingerprint density at radius 3 is 3.00 bits per heavy atom. The van der Waals surface area contributed by atoms with Crippen molar-refractivity contribution in [3.63, 3.8) is 0 Å². The van der Waals surface area contributed by atoms with E-state index in [2.05, 4.69) is 18.8 Å². The molecule has 0 bridgehead atoms. The third-order valence-corrected chi connectivity index (χ3v) is 3.17. The van der Waals surface area contributed by atoms with Gasteiger partial charge in [0.25, 0.3) is 0 Å². The molecule has 0 spiro atoms. The van der Waals surface area contributed by atoms with Gasteiger partial charge in [0.2, 0.25) is 0 Å². The molecule has 0 aliphatic rings. The summed E-state index contributed by atoms with van der Waals surface area (Å²) in [4.78, 5) is 0. The smallest absolute Gasteiger partial charge is 0.120 e. The zero-order valence-corrected chi connectivity index (χ0v) is 11.1. The van der Waals surface area contributed by atoms with Gasteiger partial charge in [0.1, 0.15) is 5.75 Å². The molecule has 92 valence electrons. The van der Waals surface area contributed by atoms with Gasteiger partial charge in [-0.05, 0) is 30.4 Å². The van der Waals surface area contributed by atoms with E-state index in [1.165, 1.54) is 12.2 Å². The van der Waals surface area contributed by atoms with Crippen LogP contribution in [0.15, 0.2) is 24.3 Å². The van der Waals surface area contributed by atoms with Crippen molar-refractivity contribution >= 4 is 11.8 Å². The Bertz CT molecular complexity index is 381. The lowest BCUT2D eigenvalue weighted by atomic mass is 10.2. The second-order valence-corrected chi connectivity index (χ2v) is 4.72. The number of benzene rings is 1. The van der Waals surface area contributed by atoms with Gasteiger partial charge in [-0.25, -0.2) is 0 Å². The van der Waals surface area contributed by atoms with Crippen LogP contribution < -0.4 is 10.5 Å². The minimum atomic E-state index is 0.388. The van der Waals surface area contributed by atoms with Crippen molar-refractivity contribution < 1.29 is 4.74 Å². The summed E-state index contributed by atoms with van der Waals surface area (Å²) in [7, 11) is 0. The lowest BCUT2D eigenvalue weighted by Gasteiger charge is -2.05. The molecule has 0 radical (unpaired) electrons. The predicted molar refractivity (Wildman–Crippen MR) is 75.5 cm³/mol. The van der Waals surface area contributed by atoms with E-state index in [4.69, 9.17) is 10.5 Å². The van der Waals surface area contributed by atoms with Crippen LogP contribution in [0.4, 0.5) is 0 Å². The topological polar surface area (TPSA) is 35.2 Å². The second-order valence-electron chi connectivity index (χ2n) is 3.49. The summed E-state index contributed by atoms with van der Waals surface area (Å²) in [6, 6.07) is 7.82. The van der Waals surface area contributed by atoms with Crippen molar-refractivity contribution in [1.29, 1.82) is 0 Å². The maximum Gasteiger partial charge on any atom is 0.120 e. The van der Waals surface area contributed by atoms with Crippen LogP contribution in [0.1, 0.15) is 18.9 Å². The maximum absolute atomic E-state index is 5.65. The van der Waals surface area contributed by atoms with Gasteiger partial charge >= 0.3 is 0 Å². The highest BCUT2D eigenvalue weighted by molar-refractivity contribution is 7.99. The van der Waals surface area contributed by atoms with Crippen LogP contribution in [0.25, 0.3) is 0 Å². The Labute approximate surface area is 108 Å². The lowest BCUT2D eigenvalue weighted by molar-refractivity contribution is 0.344. The van der Waals surface area contributed by atoms with Crippen LogP contribution in [0.5, 0.6) is 5.75 Å². The molecule has 2 nitrogen and oxygen atoms in total. The Morgan fingerprint density at radius 2 is 2.24 bits per heavy atom. The first-order valence-electron chi connectivity index (χ1n) is 5.86. The number of thioether (sulfide) groups is 1. The Hall–Kier alpha value is -1.11. The van der Waals surface area contributed by atoms with Gasteiger partial charge in [0, 0.05) is 11.3 Å². The highest BCUT2D eigenvalue weighted by atomic mass is 32.2. The third kappa shape index (κ3) is 6.25. The van der Waals surface area contributed by atoms with Gasteiger partial charge in [0.15, 0.2) is 0 Å². The van der Waals surface area contributed by atoms with Gasteiger partial charge in [-0.2, -0.15) is 11.8 Å². The van der Waals surface area contributed by atoms with E-state index in [1.807, 2.05) is 36.0 Å². The fraction of sp³-hybridized carbons (Fsp3) is 0.429. The molecular weight excluding hydrogens is 230 g/mol. The number of hydrogen-bond acceptors (Lipinski definition) is 3. The number of nitrogens with two attached hydrogens (primary N) is 1. The molecule has 1 aromatic rings. The molecule has 1 rings (SSSR count). The SMILES string of the molecule is CCCSCCOc1cccc(C#CCN)c1. The molecule has 0 atom stereocenters. The van der Waals surface area contributed by atoms with Gasteiger partial charge in [-0.3, -0.25) is 0 Å². The largest absolute Gasteiger partial charge is 0.493 e. The molecule has 0 aliphatic heterocycles. The van der Waals surface area contributed by atoms with Crippen molar-refractivity contribution in [2.75, 3.05) is 24.7 Å². The Balaban J connectivity index is 2.38. The van der Waals surface area contributed by atoms with E-state index in [0.29, 0.717) is 6.54 Å². The summed E-state index contributed by atoms with van der Waals surface area (Å²) in [6.07, 6.45) is 1.22. The highest BCUT2D eigenvalue weighted by Gasteiger charge is 1.95. The van der Waals surface area contributed by atoms with Crippen LogP contribution in [-0.4, -0.2) is 24.7 Å². The molecule has 1 aromatic carbocycles. The quantitative estimate of drug-likeness (QED) is 0.621. The van der Waals surface area contributed by atoms with Crippen LogP contribution in [-0.2, 0) is 0 Å². The van der Waals surface area contributed by atoms with Crippen LogP contribution >= 0.6 is 11.8 Å². The van der Waals surface area contributed by atoms with Crippen molar-refractivity contribution in [3.05, 3.63) is 29.8 Å². The molecular formula is C14H19NOS. The van der Waals surface area contributed by atoms with E-state index in [1.54, 1.807) is 0 Å². The van der Waals surface area contributed by atoms with Crippen LogP contribution in [0, 0.1) is 11.8 Å². The van der Waals surface area contributed by atoms with Crippen LogP contribution in [0.3, 0.4) is 0 Å². The first kappa shape index (κ1) is 14.0. The minimum Gasteiger partial charge on any atom is -0.493 e. The molecule has 0 saturated carbocycles. The lowest BCUT2D eigenvalue weighted by Crippen LogP contribution is -2.00. The molecule has 0 saturated heterocycles. The van der Waals surface area contributed by atoms with Gasteiger partial charge < -0.3 is 10.5 Å². The van der Waals surface area contributed by atoms with Gasteiger partial charge in [-0.1, -0.05) is 24.8 Å². The molecule has 17 heavy (non-hydrogen) atoms. The molecule has 2 N–H and O–H groups in total. The molecule has 3 heteroatoms. The molecule has 0 unspecified atom stereocenters. The summed E-state index contributed by atoms with van der Waals surface area (Å²) >= 11 is 1.92. The maximum atomic E-state index is 5.65. The average molecular weight is 249 g/mol. The second kappa shape index (κ2) is 8.98. The Kier molecular flexibility index (Phi) is 7.37. The molecule has 0 heterocycles. The minimum absolute atomic E-state index is 0.388. The van der Waals surface area contributed by atoms with Gasteiger partial charge in [-0.15, -0.1) is 0 Å². The van der Waals surface area contributed by atoms with E-state index >= 15 is 0 Å². The zero-order chi connectivity index (χ0) is 12.3. The summed E-state index contributed by atoms with van der Waals surface area (Å²) < 4.78 is 5.65. The molecule has 0 fully saturated rings. The number of hydrogen-bond donors (Lipinski definition) is 1. The van der Waals surface area contributed by atoms with Crippen molar-refractivity contribution in [2.24, 2.45) is 5.73 Å². The van der Waals surface area contributed by atoms with E-state index in [-0.39, 0.29) is 0 Å². The van der Waals surface area contributed by atoms with E-state index in [0.717, 1.165) is 23.7 Å². The molecule has 0 aromatic heterocycles. The molecule has 0 amide bonds. The van der Waals surface area contributed by atoms with Crippen molar-refractivity contribution in [3.8, 4) is 17.6 Å². The average Bonchev–Trinajstić information content (AvgIpc) is 2.37. The zero-order valence-electron chi connectivity index (χ0n) is 10.2. The number of ether oxygens (including phenoxy) is 1. The van der Waals surface area contributed by atoms with Crippen molar-refractivity contribution in [2.45, 2.75) is 13.3 Å². The summed E-state index contributed by atoms with van der Waals surface area (Å²) in [5.41, 5.74) is 6.29. The summed E-state index contributed by atoms with van der Waals surface area (Å²) in [5, 5.41) is 0. The molecule has 0 aliphatic carbocycles. The standard InChI is InChI=1S/C14H19NOS/c1-2-10-17-11-9-16-14-7-3-5-13(12-14)6-4-8-15/h3,5,7,12H,2,8-11,15H2,1H3. The summed E-state index contributed by atoms with van der Waals surface area (Å²) in [6.45, 7) is 3.32. The van der Waals surface area contributed by atoms with Gasteiger partial charge in [0.05, 0.1) is 13.2 Å². The predicted octanol–water partition coefficient (Wildman–Crippen LogP) is 2.52. The van der Waals surface area contributed by atoms with E-state index in [9.17, 15) is 0 Å². The van der Waals surface area contributed by atoms with Crippen LogP contribution in [0.2, 0.25) is 0 Å². The van der Waals surface area contributed by atoms with E-state index < -0.39 is 0 Å². The fourth-order valence-corrected chi connectivity index (χ4v) is 1.98. The first-order chi connectivity index (χ1) is 8.36. The fourth-order valence-electron chi connectivity index (χ4n) is 1.28. The first-order valence-corrected chi connectivity index (χ1v) is 7.02. The van der Waals surface area contributed by atoms with Crippen molar-refractivity contribution in [1.82, 2.24) is 0 Å². The third-order valence-electron chi connectivity index (χ3n) is 2.01.